The van der Waals surface area contributed by atoms with Crippen LogP contribution in [0.3, 0.4) is 0 Å². The molecule has 1 aliphatic heterocycles. The number of methoxy groups -OCH3 is 1. The quantitative estimate of drug-likeness (QED) is 0.696. The van der Waals surface area contributed by atoms with Crippen molar-refractivity contribution < 1.29 is 14.3 Å². The molecule has 0 N–H and O–H groups in total. The molecule has 148 valence electrons. The fourth-order valence-corrected chi connectivity index (χ4v) is 4.38. The van der Waals surface area contributed by atoms with Gasteiger partial charge in [-0.1, -0.05) is 23.9 Å². The third-order valence-electron chi connectivity index (χ3n) is 4.52. The highest BCUT2D eigenvalue weighted by atomic mass is 32.2. The van der Waals surface area contributed by atoms with Gasteiger partial charge < -0.3 is 18.9 Å². The van der Waals surface area contributed by atoms with Crippen molar-refractivity contribution in [1.29, 1.82) is 0 Å². The first-order valence-electron chi connectivity index (χ1n) is 9.42. The number of amides is 1. The van der Waals surface area contributed by atoms with Gasteiger partial charge in [0.1, 0.15) is 5.60 Å². The molecule has 1 atom stereocenters. The Morgan fingerprint density at radius 1 is 1.33 bits per heavy atom. The number of aromatic nitrogens is 2. The number of likely N-dealkylation sites (tertiary alicyclic amines) is 1. The van der Waals surface area contributed by atoms with E-state index in [9.17, 15) is 4.79 Å². The highest BCUT2D eigenvalue weighted by Crippen LogP contribution is 2.29. The number of rotatable bonds is 6. The summed E-state index contributed by atoms with van der Waals surface area (Å²) in [4.78, 5) is 18.9. The number of fused-ring (bicyclic) bond motifs is 1. The zero-order valence-electron chi connectivity index (χ0n) is 16.6. The van der Waals surface area contributed by atoms with Crippen LogP contribution in [0, 0.1) is 5.92 Å². The molecule has 3 rings (SSSR count). The second-order valence-corrected chi connectivity index (χ2v) is 8.91. The number of imidazole rings is 1. The summed E-state index contributed by atoms with van der Waals surface area (Å²) in [6.45, 7) is 8.66. The van der Waals surface area contributed by atoms with E-state index >= 15 is 0 Å². The van der Waals surface area contributed by atoms with E-state index in [1.165, 1.54) is 0 Å². The Kier molecular flexibility index (Phi) is 6.32. The fraction of sp³-hybridized carbons (Fsp3) is 0.600. The molecule has 1 fully saturated rings. The van der Waals surface area contributed by atoms with E-state index in [0.29, 0.717) is 12.5 Å². The number of carbonyl (C=O) groups excluding carboxylic acids is 1. The van der Waals surface area contributed by atoms with Crippen molar-refractivity contribution in [3.8, 4) is 0 Å². The van der Waals surface area contributed by atoms with E-state index in [-0.39, 0.29) is 6.09 Å². The van der Waals surface area contributed by atoms with Gasteiger partial charge in [0.05, 0.1) is 17.6 Å². The Morgan fingerprint density at radius 2 is 2.11 bits per heavy atom. The van der Waals surface area contributed by atoms with Crippen LogP contribution in [-0.4, -0.2) is 58.7 Å². The lowest BCUT2D eigenvalue weighted by atomic mass is 10.2. The van der Waals surface area contributed by atoms with Gasteiger partial charge in [-0.15, -0.1) is 0 Å². The first kappa shape index (κ1) is 20.0. The summed E-state index contributed by atoms with van der Waals surface area (Å²) >= 11 is 1.76. The Bertz CT molecular complexity index is 784. The molecule has 27 heavy (non-hydrogen) atoms. The molecule has 6 nitrogen and oxygen atoms in total. The number of hydrogen-bond donors (Lipinski definition) is 0. The maximum absolute atomic E-state index is 12.2. The summed E-state index contributed by atoms with van der Waals surface area (Å²) in [5, 5.41) is 1.02. The lowest BCUT2D eigenvalue weighted by molar-refractivity contribution is 0.0289. The average molecular weight is 392 g/mol. The van der Waals surface area contributed by atoms with Crippen molar-refractivity contribution in [2.75, 3.05) is 32.6 Å². The zero-order valence-corrected chi connectivity index (χ0v) is 17.4. The van der Waals surface area contributed by atoms with Crippen LogP contribution in [0.25, 0.3) is 11.0 Å². The van der Waals surface area contributed by atoms with Crippen LogP contribution >= 0.6 is 11.8 Å². The monoisotopic (exact) mass is 391 g/mol. The van der Waals surface area contributed by atoms with Gasteiger partial charge in [0.2, 0.25) is 0 Å². The van der Waals surface area contributed by atoms with Crippen LogP contribution in [0.15, 0.2) is 29.4 Å². The summed E-state index contributed by atoms with van der Waals surface area (Å²) in [6.07, 6.45) is 0.798. The summed E-state index contributed by atoms with van der Waals surface area (Å²) in [7, 11) is 1.72. The van der Waals surface area contributed by atoms with Crippen LogP contribution < -0.4 is 0 Å². The normalized spacial score (nSPS) is 17.6. The van der Waals surface area contributed by atoms with E-state index in [1.54, 1.807) is 18.9 Å². The highest BCUT2D eigenvalue weighted by Gasteiger charge is 2.30. The number of thioether (sulfide) groups is 1. The van der Waals surface area contributed by atoms with E-state index < -0.39 is 5.60 Å². The molecule has 0 spiro atoms. The number of nitrogens with zero attached hydrogens (tertiary/aromatic N) is 3. The molecule has 0 saturated carbocycles. The lowest BCUT2D eigenvalue weighted by Crippen LogP contribution is -2.35. The Morgan fingerprint density at radius 3 is 2.85 bits per heavy atom. The number of carbonyl (C=O) groups is 1. The molecule has 1 saturated heterocycles. The maximum atomic E-state index is 12.2. The van der Waals surface area contributed by atoms with Crippen LogP contribution in [-0.2, 0) is 16.0 Å². The molecular weight excluding hydrogens is 362 g/mol. The summed E-state index contributed by atoms with van der Waals surface area (Å²) < 4.78 is 13.0. The standard InChI is InChI=1S/C20H29N3O3S/c1-20(2,3)26-19(24)22-10-9-15(13-22)14-27-18-21-16-7-5-6-8-17(16)23(18)11-12-25-4/h5-8,15H,9-14H2,1-4H3. The number of para-hydroxylation sites is 2. The van der Waals surface area contributed by atoms with Gasteiger partial charge in [-0.2, -0.15) is 0 Å². The first-order valence-corrected chi connectivity index (χ1v) is 10.4. The molecule has 1 amide bonds. The van der Waals surface area contributed by atoms with Crippen LogP contribution in [0.5, 0.6) is 0 Å². The molecular formula is C20H29N3O3S. The summed E-state index contributed by atoms with van der Waals surface area (Å²) in [5.41, 5.74) is 1.70. The van der Waals surface area contributed by atoms with Crippen molar-refractivity contribution >= 4 is 28.9 Å². The van der Waals surface area contributed by atoms with Crippen molar-refractivity contribution in [2.24, 2.45) is 5.92 Å². The summed E-state index contributed by atoms with van der Waals surface area (Å²) in [6, 6.07) is 8.20. The van der Waals surface area contributed by atoms with E-state index in [2.05, 4.69) is 10.6 Å². The third kappa shape index (κ3) is 5.17. The molecule has 0 aliphatic carbocycles. The van der Waals surface area contributed by atoms with Gasteiger partial charge in [0, 0.05) is 32.5 Å². The van der Waals surface area contributed by atoms with Crippen LogP contribution in [0.1, 0.15) is 27.2 Å². The Hall–Kier alpha value is -1.73. The van der Waals surface area contributed by atoms with E-state index in [0.717, 1.165) is 48.0 Å². The molecule has 7 heteroatoms. The minimum atomic E-state index is -0.448. The Labute approximate surface area is 165 Å². The van der Waals surface area contributed by atoms with E-state index in [4.69, 9.17) is 14.5 Å². The van der Waals surface area contributed by atoms with Gasteiger partial charge >= 0.3 is 6.09 Å². The molecule has 2 heterocycles. The number of ether oxygens (including phenoxy) is 2. The SMILES string of the molecule is COCCn1c(SCC2CCN(C(=O)OC(C)(C)C)C2)nc2ccccc21. The molecule has 1 aliphatic rings. The van der Waals surface area contributed by atoms with Crippen LogP contribution in [0.4, 0.5) is 4.79 Å². The van der Waals surface area contributed by atoms with Gasteiger partial charge in [0.25, 0.3) is 0 Å². The average Bonchev–Trinajstić information content (AvgIpc) is 3.21. The Balaban J connectivity index is 1.61. The molecule has 2 aromatic rings. The van der Waals surface area contributed by atoms with Gasteiger partial charge in [-0.05, 0) is 45.2 Å². The highest BCUT2D eigenvalue weighted by molar-refractivity contribution is 7.99. The fourth-order valence-electron chi connectivity index (χ4n) is 3.22. The minimum absolute atomic E-state index is 0.206. The first-order chi connectivity index (χ1) is 12.9. The molecule has 0 bridgehead atoms. The maximum Gasteiger partial charge on any atom is 0.410 e. The molecule has 1 unspecified atom stereocenters. The smallest absolute Gasteiger partial charge is 0.410 e. The largest absolute Gasteiger partial charge is 0.444 e. The van der Waals surface area contributed by atoms with Crippen molar-refractivity contribution in [2.45, 2.75) is 44.5 Å². The third-order valence-corrected chi connectivity index (χ3v) is 5.73. The number of benzene rings is 1. The minimum Gasteiger partial charge on any atom is -0.444 e. The predicted octanol–water partition coefficient (Wildman–Crippen LogP) is 4.03. The van der Waals surface area contributed by atoms with E-state index in [1.807, 2.05) is 43.9 Å². The molecule has 1 aromatic carbocycles. The van der Waals surface area contributed by atoms with Gasteiger partial charge in [-0.3, -0.25) is 0 Å². The zero-order chi connectivity index (χ0) is 19.4. The predicted molar refractivity (Wildman–Crippen MR) is 108 cm³/mol. The summed E-state index contributed by atoms with van der Waals surface area (Å²) in [5.74, 6) is 1.40. The van der Waals surface area contributed by atoms with Gasteiger partial charge in [-0.25, -0.2) is 9.78 Å². The van der Waals surface area contributed by atoms with Gasteiger partial charge in [0.15, 0.2) is 5.16 Å². The van der Waals surface area contributed by atoms with Crippen molar-refractivity contribution in [3.63, 3.8) is 0 Å². The van der Waals surface area contributed by atoms with Crippen molar-refractivity contribution in [1.82, 2.24) is 14.5 Å². The lowest BCUT2D eigenvalue weighted by Gasteiger charge is -2.24. The second-order valence-electron chi connectivity index (χ2n) is 7.92. The number of hydrogen-bond acceptors (Lipinski definition) is 5. The molecule has 0 radical (unpaired) electrons. The second kappa shape index (κ2) is 8.52. The van der Waals surface area contributed by atoms with Crippen LogP contribution in [0.2, 0.25) is 0 Å². The molecule has 1 aromatic heterocycles. The van der Waals surface area contributed by atoms with Crippen molar-refractivity contribution in [3.05, 3.63) is 24.3 Å². The topological polar surface area (TPSA) is 56.6 Å².